The summed E-state index contributed by atoms with van der Waals surface area (Å²) >= 11 is 0. The van der Waals surface area contributed by atoms with Crippen molar-refractivity contribution in [2.75, 3.05) is 0 Å². The predicted octanol–water partition coefficient (Wildman–Crippen LogP) is 7.67. The van der Waals surface area contributed by atoms with E-state index in [9.17, 15) is 0 Å². The van der Waals surface area contributed by atoms with E-state index in [4.69, 9.17) is 16.8 Å². The molecule has 36 heavy (non-hydrogen) atoms. The third-order valence-electron chi connectivity index (χ3n) is 6.35. The first-order valence-corrected chi connectivity index (χ1v) is 15.6. The lowest BCUT2D eigenvalue weighted by Crippen LogP contribution is -2.44. The van der Waals surface area contributed by atoms with Crippen LogP contribution in [0, 0.1) is 13.5 Å². The van der Waals surface area contributed by atoms with E-state index >= 15 is 0 Å². The summed E-state index contributed by atoms with van der Waals surface area (Å²) in [6, 6.07) is 33.4. The van der Waals surface area contributed by atoms with Crippen molar-refractivity contribution in [1.29, 1.82) is 0 Å². The third kappa shape index (κ3) is 4.28. The van der Waals surface area contributed by atoms with Crippen molar-refractivity contribution in [2.24, 2.45) is 0 Å². The zero-order valence-corrected chi connectivity index (χ0v) is 22.0. The summed E-state index contributed by atoms with van der Waals surface area (Å²) in [5, 5.41) is 9.53. The molecule has 1 heterocycles. The van der Waals surface area contributed by atoms with Gasteiger partial charge in [-0.05, 0) is 29.7 Å². The van der Waals surface area contributed by atoms with Crippen LogP contribution in [0.25, 0.3) is 44.2 Å². The van der Waals surface area contributed by atoms with Crippen molar-refractivity contribution < 1.29 is 0 Å². The Labute approximate surface area is 213 Å². The minimum atomic E-state index is -1.92. The summed E-state index contributed by atoms with van der Waals surface area (Å²) in [5.74, 6) is 0.762. The Morgan fingerprint density at radius 3 is 1.81 bits per heavy atom. The lowest BCUT2D eigenvalue weighted by Gasteiger charge is -2.23. The zero-order chi connectivity index (χ0) is 25.3. The van der Waals surface area contributed by atoms with Gasteiger partial charge in [-0.3, -0.25) is 4.57 Å². The fourth-order valence-corrected chi connectivity index (χ4v) is 5.76. The smallest absolute Gasteiger partial charge is 0.190 e. The number of aryl methyl sites for hydroxylation is 1. The summed E-state index contributed by atoms with van der Waals surface area (Å²) in [7, 11) is -1.92. The van der Waals surface area contributed by atoms with E-state index in [1.54, 1.807) is 0 Å². The number of nitrogens with zero attached hydrogens (tertiary/aromatic N) is 4. The van der Waals surface area contributed by atoms with Crippen LogP contribution in [0.5, 0.6) is 0 Å². The summed E-state index contributed by atoms with van der Waals surface area (Å²) in [4.78, 5) is 3.75. The van der Waals surface area contributed by atoms with Crippen molar-refractivity contribution in [3.8, 4) is 39.3 Å². The van der Waals surface area contributed by atoms with Crippen LogP contribution in [0.4, 0.5) is 5.69 Å². The van der Waals surface area contributed by atoms with Crippen LogP contribution >= 0.6 is 0 Å². The van der Waals surface area contributed by atoms with Crippen LogP contribution in [-0.2, 0) is 0 Å². The molecule has 0 aliphatic rings. The van der Waals surface area contributed by atoms with Gasteiger partial charge in [0.15, 0.2) is 11.5 Å². The number of para-hydroxylation sites is 1. The van der Waals surface area contributed by atoms with Crippen LogP contribution in [0.1, 0.15) is 5.56 Å². The second-order valence-corrected chi connectivity index (χ2v) is 14.9. The van der Waals surface area contributed by atoms with E-state index in [1.165, 1.54) is 0 Å². The van der Waals surface area contributed by atoms with Gasteiger partial charge in [0.1, 0.15) is 13.5 Å². The molecule has 0 aliphatic heterocycles. The SMILES string of the molecule is [C-]#[N+]c1cc(-c2nnc([Si](C)(C)C)n2-c2c(-c3ccccc3)cccc2-c2ccccc2)ccc1C. The normalized spacial score (nSPS) is 11.3. The Bertz CT molecular complexity index is 1520. The van der Waals surface area contributed by atoms with Crippen molar-refractivity contribution in [2.45, 2.75) is 26.6 Å². The Hall–Kier alpha value is -4.27. The van der Waals surface area contributed by atoms with E-state index in [-0.39, 0.29) is 0 Å². The average Bonchev–Trinajstić information content (AvgIpc) is 3.35. The summed E-state index contributed by atoms with van der Waals surface area (Å²) in [6.45, 7) is 16.5. The van der Waals surface area contributed by atoms with Gasteiger partial charge in [-0.2, -0.15) is 0 Å². The molecule has 0 atom stereocenters. The molecule has 176 valence electrons. The van der Waals surface area contributed by atoms with Gasteiger partial charge in [0.2, 0.25) is 0 Å². The molecule has 5 aromatic rings. The Kier molecular flexibility index (Phi) is 6.13. The van der Waals surface area contributed by atoms with Crippen molar-refractivity contribution >= 4 is 19.2 Å². The van der Waals surface area contributed by atoms with Crippen LogP contribution in [-0.4, -0.2) is 22.8 Å². The minimum absolute atomic E-state index is 0.635. The van der Waals surface area contributed by atoms with Gasteiger partial charge in [0.25, 0.3) is 0 Å². The molecule has 1 aromatic heterocycles. The molecule has 0 spiro atoms. The Morgan fingerprint density at radius 2 is 1.28 bits per heavy atom. The molecular weight excluding hydrogens is 456 g/mol. The van der Waals surface area contributed by atoms with Crippen LogP contribution < -0.4 is 5.45 Å². The Morgan fingerprint density at radius 1 is 0.694 bits per heavy atom. The lowest BCUT2D eigenvalue weighted by atomic mass is 9.95. The van der Waals surface area contributed by atoms with Crippen LogP contribution in [0.3, 0.4) is 0 Å². The van der Waals surface area contributed by atoms with Gasteiger partial charge in [-0.25, -0.2) is 4.85 Å². The highest BCUT2D eigenvalue weighted by Crippen LogP contribution is 2.38. The van der Waals surface area contributed by atoms with Crippen molar-refractivity contribution in [3.63, 3.8) is 0 Å². The highest BCUT2D eigenvalue weighted by molar-refractivity contribution is 6.87. The summed E-state index contributed by atoms with van der Waals surface area (Å²) in [5.41, 5.74) is 9.07. The molecule has 4 nitrogen and oxygen atoms in total. The van der Waals surface area contributed by atoms with Crippen LogP contribution in [0.2, 0.25) is 19.6 Å². The van der Waals surface area contributed by atoms with Gasteiger partial charge >= 0.3 is 0 Å². The average molecular weight is 485 g/mol. The number of hydrogen-bond acceptors (Lipinski definition) is 2. The van der Waals surface area contributed by atoms with Gasteiger partial charge < -0.3 is 0 Å². The topological polar surface area (TPSA) is 35.1 Å². The first kappa shape index (κ1) is 23.5. The number of aromatic nitrogens is 3. The van der Waals surface area contributed by atoms with E-state index < -0.39 is 8.07 Å². The quantitative estimate of drug-likeness (QED) is 0.189. The number of hydrogen-bond donors (Lipinski definition) is 0. The standard InChI is InChI=1S/C31H28N4Si/c1-22-19-20-25(21-28(22)32-2)30-33-34-31(36(3,4)5)35(30)29-26(23-13-8-6-9-14-23)17-12-18-27(29)24-15-10-7-11-16-24/h6-21H,1,3-5H3. The third-order valence-corrected chi connectivity index (χ3v) is 8.02. The fraction of sp³-hybridized carbons (Fsp3) is 0.129. The molecule has 5 heteroatoms. The number of benzene rings is 4. The molecule has 0 aliphatic carbocycles. The lowest BCUT2D eigenvalue weighted by molar-refractivity contribution is 1.09. The van der Waals surface area contributed by atoms with Crippen molar-refractivity contribution in [3.05, 3.63) is 114 Å². The van der Waals surface area contributed by atoms with E-state index in [1.807, 2.05) is 37.3 Å². The molecule has 5 rings (SSSR count). The molecule has 0 unspecified atom stereocenters. The Balaban J connectivity index is 1.91. The van der Waals surface area contributed by atoms with Gasteiger partial charge in [-0.1, -0.05) is 111 Å². The molecular formula is C31H28N4Si. The number of rotatable bonds is 5. The molecule has 0 radical (unpaired) electrons. The maximum atomic E-state index is 7.65. The zero-order valence-electron chi connectivity index (χ0n) is 21.0. The van der Waals surface area contributed by atoms with Crippen LogP contribution in [0.15, 0.2) is 97.1 Å². The minimum Gasteiger partial charge on any atom is -0.282 e. The summed E-state index contributed by atoms with van der Waals surface area (Å²) < 4.78 is 2.26. The highest BCUT2D eigenvalue weighted by Gasteiger charge is 2.30. The molecule has 0 saturated heterocycles. The monoisotopic (exact) mass is 484 g/mol. The van der Waals surface area contributed by atoms with E-state index in [0.717, 1.165) is 50.3 Å². The first-order valence-electron chi connectivity index (χ1n) is 12.1. The highest BCUT2D eigenvalue weighted by atomic mass is 28.3. The molecule has 0 saturated carbocycles. The molecule has 0 fully saturated rings. The largest absolute Gasteiger partial charge is 0.282 e. The van der Waals surface area contributed by atoms with Gasteiger partial charge in [0, 0.05) is 16.7 Å². The molecule has 0 bridgehead atoms. The van der Waals surface area contributed by atoms with E-state index in [0.29, 0.717) is 5.69 Å². The predicted molar refractivity (Wildman–Crippen MR) is 152 cm³/mol. The maximum absolute atomic E-state index is 7.65. The second kappa shape index (κ2) is 9.41. The first-order chi connectivity index (χ1) is 17.4. The van der Waals surface area contributed by atoms with Gasteiger partial charge in [0.05, 0.1) is 12.3 Å². The maximum Gasteiger partial charge on any atom is 0.190 e. The van der Waals surface area contributed by atoms with Gasteiger partial charge in [-0.15, -0.1) is 10.2 Å². The molecule has 0 amide bonds. The second-order valence-electron chi connectivity index (χ2n) is 9.98. The van der Waals surface area contributed by atoms with Crippen molar-refractivity contribution in [1.82, 2.24) is 14.8 Å². The molecule has 4 aromatic carbocycles. The van der Waals surface area contributed by atoms with E-state index in [2.05, 4.69) is 95.8 Å². The fourth-order valence-electron chi connectivity index (χ4n) is 4.52. The summed E-state index contributed by atoms with van der Waals surface area (Å²) in [6.07, 6.45) is 0. The molecule has 0 N–H and O–H groups in total.